The molecule has 1 aromatic heterocycles. The highest BCUT2D eigenvalue weighted by Gasteiger charge is 2.24. The number of fused-ring (bicyclic) bond motifs is 1. The van der Waals surface area contributed by atoms with Crippen molar-refractivity contribution in [3.63, 3.8) is 0 Å². The second-order valence-electron chi connectivity index (χ2n) is 5.40. The summed E-state index contributed by atoms with van der Waals surface area (Å²) in [6, 6.07) is 8.18. The lowest BCUT2D eigenvalue weighted by Crippen LogP contribution is -2.33. The number of anilines is 1. The largest absolute Gasteiger partial charge is 0.337 e. The van der Waals surface area contributed by atoms with Crippen LogP contribution < -0.4 is 4.90 Å². The molecular weight excluding hydrogens is 282 g/mol. The van der Waals surface area contributed by atoms with Crippen molar-refractivity contribution < 1.29 is 4.79 Å². The molecule has 5 heteroatoms. The molecule has 1 aromatic carbocycles. The number of carbonyl (C=O) groups is 1. The number of para-hydroxylation sites is 1. The van der Waals surface area contributed by atoms with Gasteiger partial charge in [0.2, 0.25) is 5.91 Å². The minimum absolute atomic E-state index is 0.140. The van der Waals surface area contributed by atoms with Crippen LogP contribution in [0.2, 0.25) is 0 Å². The third-order valence-corrected chi connectivity index (χ3v) is 5.03. The van der Waals surface area contributed by atoms with Gasteiger partial charge in [-0.3, -0.25) is 4.79 Å². The van der Waals surface area contributed by atoms with Crippen molar-refractivity contribution in [2.24, 2.45) is 7.05 Å². The molecular formula is C16H19N3OS. The molecule has 1 aliphatic rings. The molecule has 0 saturated heterocycles. The molecule has 21 heavy (non-hydrogen) atoms. The smallest absolute Gasteiger partial charge is 0.233 e. The van der Waals surface area contributed by atoms with Gasteiger partial charge in [-0.15, -0.1) is 11.8 Å². The van der Waals surface area contributed by atoms with Gasteiger partial charge in [-0.05, 0) is 18.6 Å². The Kier molecular flexibility index (Phi) is 4.01. The first kappa shape index (κ1) is 14.2. The van der Waals surface area contributed by atoms with Gasteiger partial charge in [0.25, 0.3) is 0 Å². The van der Waals surface area contributed by atoms with Gasteiger partial charge in [-0.25, -0.2) is 4.98 Å². The summed E-state index contributed by atoms with van der Waals surface area (Å²) >= 11 is 1.85. The van der Waals surface area contributed by atoms with Crippen LogP contribution in [0.5, 0.6) is 0 Å². The van der Waals surface area contributed by atoms with E-state index in [1.807, 2.05) is 46.5 Å². The number of hydrogen-bond donors (Lipinski definition) is 0. The summed E-state index contributed by atoms with van der Waals surface area (Å²) in [6.45, 7) is 3.00. The maximum absolute atomic E-state index is 12.7. The van der Waals surface area contributed by atoms with Crippen LogP contribution in [0.25, 0.3) is 0 Å². The lowest BCUT2D eigenvalue weighted by Gasteiger charge is -2.22. The number of nitrogens with zero attached hydrogens (tertiary/aromatic N) is 3. The van der Waals surface area contributed by atoms with Crippen LogP contribution in [-0.2, 0) is 18.3 Å². The fraction of sp³-hybridized carbons (Fsp3) is 0.375. The highest BCUT2D eigenvalue weighted by atomic mass is 32.2. The van der Waals surface area contributed by atoms with Gasteiger partial charge in [-0.2, -0.15) is 0 Å². The normalized spacial score (nSPS) is 18.2. The summed E-state index contributed by atoms with van der Waals surface area (Å²) in [5.41, 5.74) is 1.99. The van der Waals surface area contributed by atoms with E-state index in [0.717, 1.165) is 24.3 Å². The summed E-state index contributed by atoms with van der Waals surface area (Å²) < 4.78 is 1.90. The summed E-state index contributed by atoms with van der Waals surface area (Å²) in [5, 5.41) is 0.528. The standard InChI is InChI=1S/C16H19N3OS/c1-12-7-8-19(14-5-3-4-6-15(14)21-12)16(20)9-13-10-17-11-18(13)2/h3-6,10-12H,7-9H2,1-2H3/t12-/m0/s1. The minimum atomic E-state index is 0.140. The van der Waals surface area contributed by atoms with Crippen LogP contribution in [0, 0.1) is 0 Å². The van der Waals surface area contributed by atoms with E-state index in [4.69, 9.17) is 0 Å². The summed E-state index contributed by atoms with van der Waals surface area (Å²) in [7, 11) is 1.92. The van der Waals surface area contributed by atoms with Gasteiger partial charge in [0.1, 0.15) is 0 Å². The predicted molar refractivity (Wildman–Crippen MR) is 85.6 cm³/mol. The van der Waals surface area contributed by atoms with Gasteiger partial charge in [-0.1, -0.05) is 19.1 Å². The SMILES string of the molecule is C[C@H]1CCN(C(=O)Cc2cncn2C)c2ccccc2S1. The lowest BCUT2D eigenvalue weighted by molar-refractivity contribution is -0.118. The summed E-state index contributed by atoms with van der Waals surface area (Å²) in [5.74, 6) is 0.140. The number of thioether (sulfide) groups is 1. The van der Waals surface area contributed by atoms with E-state index in [1.165, 1.54) is 4.90 Å². The molecule has 0 bridgehead atoms. The first-order valence-electron chi connectivity index (χ1n) is 7.16. The third kappa shape index (κ3) is 2.97. The van der Waals surface area contributed by atoms with Crippen molar-refractivity contribution in [3.8, 4) is 0 Å². The molecule has 3 rings (SSSR count). The highest BCUT2D eigenvalue weighted by Crippen LogP contribution is 2.37. The van der Waals surface area contributed by atoms with Gasteiger partial charge in [0, 0.05) is 35.6 Å². The Morgan fingerprint density at radius 2 is 2.24 bits per heavy atom. The number of carbonyl (C=O) groups excluding carboxylic acids is 1. The first-order chi connectivity index (χ1) is 10.1. The Bertz CT molecular complexity index is 652. The number of aromatic nitrogens is 2. The molecule has 0 unspecified atom stereocenters. The van der Waals surface area contributed by atoms with Crippen molar-refractivity contribution in [1.82, 2.24) is 9.55 Å². The van der Waals surface area contributed by atoms with Crippen molar-refractivity contribution in [2.75, 3.05) is 11.4 Å². The molecule has 0 aliphatic carbocycles. The van der Waals surface area contributed by atoms with Crippen molar-refractivity contribution >= 4 is 23.4 Å². The molecule has 4 nitrogen and oxygen atoms in total. The zero-order chi connectivity index (χ0) is 14.8. The van der Waals surface area contributed by atoms with Crippen LogP contribution >= 0.6 is 11.8 Å². The number of imidazole rings is 1. The molecule has 2 heterocycles. The Labute approximate surface area is 129 Å². The van der Waals surface area contributed by atoms with Crippen LogP contribution in [0.3, 0.4) is 0 Å². The number of amides is 1. The molecule has 0 radical (unpaired) electrons. The number of aryl methyl sites for hydroxylation is 1. The summed E-state index contributed by atoms with van der Waals surface area (Å²) in [4.78, 5) is 19.9. The molecule has 2 aromatic rings. The Hall–Kier alpha value is -1.75. The average molecular weight is 301 g/mol. The van der Waals surface area contributed by atoms with E-state index in [-0.39, 0.29) is 5.91 Å². The monoisotopic (exact) mass is 301 g/mol. The number of benzene rings is 1. The molecule has 0 fully saturated rings. The Morgan fingerprint density at radius 3 is 3.00 bits per heavy atom. The van der Waals surface area contributed by atoms with Crippen molar-refractivity contribution in [3.05, 3.63) is 42.5 Å². The maximum Gasteiger partial charge on any atom is 0.233 e. The first-order valence-corrected chi connectivity index (χ1v) is 8.04. The second-order valence-corrected chi connectivity index (χ2v) is 6.88. The third-order valence-electron chi connectivity index (χ3n) is 3.79. The second kappa shape index (κ2) is 5.93. The van der Waals surface area contributed by atoms with Gasteiger partial charge < -0.3 is 9.47 Å². The highest BCUT2D eigenvalue weighted by molar-refractivity contribution is 8.00. The topological polar surface area (TPSA) is 38.1 Å². The van der Waals surface area contributed by atoms with E-state index in [9.17, 15) is 4.79 Å². The minimum Gasteiger partial charge on any atom is -0.337 e. The Balaban J connectivity index is 1.87. The van der Waals surface area contributed by atoms with Gasteiger partial charge in [0.05, 0.1) is 18.4 Å². The molecule has 0 spiro atoms. The zero-order valence-electron chi connectivity index (χ0n) is 12.3. The van der Waals surface area contributed by atoms with Crippen LogP contribution in [0.1, 0.15) is 19.0 Å². The van der Waals surface area contributed by atoms with Crippen molar-refractivity contribution in [1.29, 1.82) is 0 Å². The van der Waals surface area contributed by atoms with Gasteiger partial charge >= 0.3 is 0 Å². The lowest BCUT2D eigenvalue weighted by atomic mass is 10.2. The van der Waals surface area contributed by atoms with E-state index in [2.05, 4.69) is 18.0 Å². The van der Waals surface area contributed by atoms with E-state index in [1.54, 1.807) is 12.5 Å². The zero-order valence-corrected chi connectivity index (χ0v) is 13.1. The van der Waals surface area contributed by atoms with E-state index >= 15 is 0 Å². The van der Waals surface area contributed by atoms with Crippen molar-refractivity contribution in [2.45, 2.75) is 29.9 Å². The maximum atomic E-state index is 12.7. The molecule has 110 valence electrons. The molecule has 1 atom stereocenters. The van der Waals surface area contributed by atoms with Gasteiger partial charge in [0.15, 0.2) is 0 Å². The van der Waals surface area contributed by atoms with Crippen LogP contribution in [0.4, 0.5) is 5.69 Å². The molecule has 0 saturated carbocycles. The van der Waals surface area contributed by atoms with E-state index < -0.39 is 0 Å². The quantitative estimate of drug-likeness (QED) is 0.856. The molecule has 1 amide bonds. The fourth-order valence-corrected chi connectivity index (χ4v) is 3.66. The predicted octanol–water partition coefficient (Wildman–Crippen LogP) is 2.88. The molecule has 1 aliphatic heterocycles. The fourth-order valence-electron chi connectivity index (χ4n) is 2.55. The number of hydrogen-bond acceptors (Lipinski definition) is 3. The molecule has 0 N–H and O–H groups in total. The average Bonchev–Trinajstić information content (AvgIpc) is 2.78. The Morgan fingerprint density at radius 1 is 1.43 bits per heavy atom. The van der Waals surface area contributed by atoms with E-state index in [0.29, 0.717) is 11.7 Å². The summed E-state index contributed by atoms with van der Waals surface area (Å²) in [6.07, 6.45) is 4.90. The van der Waals surface area contributed by atoms with Crippen LogP contribution in [-0.4, -0.2) is 27.3 Å². The number of rotatable bonds is 2. The van der Waals surface area contributed by atoms with Crippen LogP contribution in [0.15, 0.2) is 41.7 Å².